The number of aromatic nitrogens is 1. The molecular weight excluding hydrogens is 357 g/mol. The summed E-state index contributed by atoms with van der Waals surface area (Å²) >= 11 is 17.7. The molecule has 1 aromatic heterocycles. The van der Waals surface area contributed by atoms with Crippen LogP contribution in [0.5, 0.6) is 0 Å². The van der Waals surface area contributed by atoms with E-state index in [0.29, 0.717) is 10.7 Å². The van der Waals surface area contributed by atoms with Crippen LogP contribution in [0.1, 0.15) is 0 Å². The lowest BCUT2D eigenvalue weighted by molar-refractivity contribution is 0.601. The molecule has 2 aromatic rings. The second-order valence-corrected chi connectivity index (χ2v) is 6.87. The van der Waals surface area contributed by atoms with Crippen LogP contribution >= 0.6 is 34.8 Å². The van der Waals surface area contributed by atoms with Gasteiger partial charge < -0.3 is 5.32 Å². The molecular formula is C12H10Cl3N3O2S. The number of hydrogen-bond acceptors (Lipinski definition) is 4. The van der Waals surface area contributed by atoms with Gasteiger partial charge in [0.2, 0.25) is 0 Å². The van der Waals surface area contributed by atoms with Gasteiger partial charge in [0.25, 0.3) is 10.0 Å². The highest BCUT2D eigenvalue weighted by Crippen LogP contribution is 2.35. The standard InChI is InChI=1S/C12H10Cl3N3O2S/c1-16-10-2-3-17-6-11(10)21(19,20)18-12-8(14)4-7(13)5-9(12)15/h2-6,18H,1H3,(H,16,17). The normalized spacial score (nSPS) is 11.2. The van der Waals surface area contributed by atoms with Crippen molar-refractivity contribution < 1.29 is 8.42 Å². The van der Waals surface area contributed by atoms with Crippen LogP contribution in [0.3, 0.4) is 0 Å². The van der Waals surface area contributed by atoms with E-state index >= 15 is 0 Å². The Morgan fingerprint density at radius 1 is 1.14 bits per heavy atom. The smallest absolute Gasteiger partial charge is 0.265 e. The van der Waals surface area contributed by atoms with Gasteiger partial charge in [0.1, 0.15) is 4.90 Å². The highest BCUT2D eigenvalue weighted by molar-refractivity contribution is 7.93. The molecule has 0 spiro atoms. The molecule has 0 atom stereocenters. The Hall–Kier alpha value is -1.21. The summed E-state index contributed by atoms with van der Waals surface area (Å²) in [7, 11) is -2.29. The van der Waals surface area contributed by atoms with Crippen molar-refractivity contribution in [2.75, 3.05) is 17.1 Å². The van der Waals surface area contributed by atoms with Gasteiger partial charge in [-0.3, -0.25) is 9.71 Å². The average Bonchev–Trinajstić information content (AvgIpc) is 2.43. The molecule has 0 saturated heterocycles. The first-order chi connectivity index (χ1) is 9.85. The summed E-state index contributed by atoms with van der Waals surface area (Å²) in [6, 6.07) is 4.34. The van der Waals surface area contributed by atoms with E-state index in [9.17, 15) is 8.42 Å². The lowest BCUT2D eigenvalue weighted by Gasteiger charge is -2.13. The molecule has 2 N–H and O–H groups in total. The van der Waals surface area contributed by atoms with E-state index in [1.807, 2.05) is 0 Å². The molecule has 0 aliphatic rings. The first kappa shape index (κ1) is 16.2. The molecule has 2 rings (SSSR count). The van der Waals surface area contributed by atoms with Crippen molar-refractivity contribution >= 4 is 56.2 Å². The van der Waals surface area contributed by atoms with E-state index in [0.717, 1.165) is 0 Å². The predicted octanol–water partition coefficient (Wildman–Crippen LogP) is 3.88. The topological polar surface area (TPSA) is 71.1 Å². The van der Waals surface area contributed by atoms with Gasteiger partial charge in [0.15, 0.2) is 0 Å². The minimum Gasteiger partial charge on any atom is -0.387 e. The van der Waals surface area contributed by atoms with Crippen LogP contribution in [0.15, 0.2) is 35.5 Å². The zero-order valence-electron chi connectivity index (χ0n) is 10.7. The third-order valence-corrected chi connectivity index (χ3v) is 4.78. The quantitative estimate of drug-likeness (QED) is 0.861. The minimum absolute atomic E-state index is 0.0189. The van der Waals surface area contributed by atoms with Crippen LogP contribution in [-0.2, 0) is 10.0 Å². The average molecular weight is 367 g/mol. The van der Waals surface area contributed by atoms with E-state index in [4.69, 9.17) is 34.8 Å². The zero-order chi connectivity index (χ0) is 15.6. The van der Waals surface area contributed by atoms with Gasteiger partial charge in [0, 0.05) is 24.5 Å². The fourth-order valence-electron chi connectivity index (χ4n) is 1.63. The van der Waals surface area contributed by atoms with Crippen molar-refractivity contribution in [3.8, 4) is 0 Å². The Morgan fingerprint density at radius 2 is 1.76 bits per heavy atom. The van der Waals surface area contributed by atoms with Crippen molar-refractivity contribution in [3.05, 3.63) is 45.7 Å². The van der Waals surface area contributed by atoms with E-state index in [1.54, 1.807) is 13.1 Å². The monoisotopic (exact) mass is 365 g/mol. The summed E-state index contributed by atoms with van der Waals surface area (Å²) in [5.74, 6) is 0. The fourth-order valence-corrected chi connectivity index (χ4v) is 3.91. The molecule has 1 aromatic carbocycles. The van der Waals surface area contributed by atoms with Crippen molar-refractivity contribution in [3.63, 3.8) is 0 Å². The first-order valence-electron chi connectivity index (χ1n) is 5.64. The Balaban J connectivity index is 2.48. The molecule has 0 radical (unpaired) electrons. The lowest BCUT2D eigenvalue weighted by atomic mass is 10.3. The van der Waals surface area contributed by atoms with Crippen molar-refractivity contribution in [1.82, 2.24) is 4.98 Å². The minimum atomic E-state index is -3.90. The van der Waals surface area contributed by atoms with E-state index in [-0.39, 0.29) is 20.6 Å². The number of nitrogens with zero attached hydrogens (tertiary/aromatic N) is 1. The molecule has 9 heteroatoms. The lowest BCUT2D eigenvalue weighted by Crippen LogP contribution is -2.15. The van der Waals surface area contributed by atoms with E-state index in [1.165, 1.54) is 24.5 Å². The number of benzene rings is 1. The number of halogens is 3. The predicted molar refractivity (Wildman–Crippen MR) is 86.1 cm³/mol. The van der Waals surface area contributed by atoms with Crippen molar-refractivity contribution in [2.45, 2.75) is 4.90 Å². The van der Waals surface area contributed by atoms with Gasteiger partial charge in [-0.2, -0.15) is 0 Å². The number of sulfonamides is 1. The van der Waals surface area contributed by atoms with Gasteiger partial charge in [-0.1, -0.05) is 34.8 Å². The number of pyridine rings is 1. The molecule has 112 valence electrons. The Labute approximate surface area is 137 Å². The molecule has 0 unspecified atom stereocenters. The summed E-state index contributed by atoms with van der Waals surface area (Å²) in [6.45, 7) is 0. The Kier molecular flexibility index (Phi) is 4.83. The highest BCUT2D eigenvalue weighted by atomic mass is 35.5. The molecule has 0 bridgehead atoms. The van der Waals surface area contributed by atoms with Crippen LogP contribution in [0, 0.1) is 0 Å². The third kappa shape index (κ3) is 3.52. The van der Waals surface area contributed by atoms with Crippen LogP contribution < -0.4 is 10.0 Å². The molecule has 5 nitrogen and oxygen atoms in total. The summed E-state index contributed by atoms with van der Waals surface area (Å²) in [6.07, 6.45) is 2.71. The fraction of sp³-hybridized carbons (Fsp3) is 0.0833. The van der Waals surface area contributed by atoms with Crippen molar-refractivity contribution in [1.29, 1.82) is 0 Å². The van der Waals surface area contributed by atoms with E-state index < -0.39 is 10.0 Å². The summed E-state index contributed by atoms with van der Waals surface area (Å²) in [4.78, 5) is 3.80. The number of rotatable bonds is 4. The zero-order valence-corrected chi connectivity index (χ0v) is 13.8. The third-order valence-electron chi connectivity index (χ3n) is 2.59. The van der Waals surface area contributed by atoms with Gasteiger partial charge in [0.05, 0.1) is 21.4 Å². The number of nitrogens with one attached hydrogen (secondary N) is 2. The molecule has 21 heavy (non-hydrogen) atoms. The second kappa shape index (κ2) is 6.27. The molecule has 0 aliphatic heterocycles. The highest BCUT2D eigenvalue weighted by Gasteiger charge is 2.21. The summed E-state index contributed by atoms with van der Waals surface area (Å²) in [5.41, 5.74) is 0.465. The maximum Gasteiger partial charge on any atom is 0.265 e. The van der Waals surface area contributed by atoms with Gasteiger partial charge in [-0.25, -0.2) is 8.42 Å². The number of anilines is 2. The molecule has 0 fully saturated rings. The second-order valence-electron chi connectivity index (χ2n) is 3.97. The van der Waals surface area contributed by atoms with E-state index in [2.05, 4.69) is 15.0 Å². The first-order valence-corrected chi connectivity index (χ1v) is 8.26. The molecule has 0 amide bonds. The summed E-state index contributed by atoms with van der Waals surface area (Å²) < 4.78 is 27.2. The van der Waals surface area contributed by atoms with Crippen LogP contribution in [-0.4, -0.2) is 20.4 Å². The largest absolute Gasteiger partial charge is 0.387 e. The number of hydrogen-bond donors (Lipinski definition) is 2. The van der Waals surface area contributed by atoms with Crippen LogP contribution in [0.25, 0.3) is 0 Å². The van der Waals surface area contributed by atoms with Gasteiger partial charge in [-0.15, -0.1) is 0 Å². The Bertz CT molecular complexity index is 758. The summed E-state index contributed by atoms with van der Waals surface area (Å²) in [5, 5.41) is 3.30. The van der Waals surface area contributed by atoms with Crippen LogP contribution in [0.2, 0.25) is 15.1 Å². The molecule has 0 saturated carbocycles. The molecule has 1 heterocycles. The maximum atomic E-state index is 12.4. The van der Waals surface area contributed by atoms with Crippen molar-refractivity contribution in [2.24, 2.45) is 0 Å². The SMILES string of the molecule is CNc1ccncc1S(=O)(=O)Nc1c(Cl)cc(Cl)cc1Cl. The van der Waals surface area contributed by atoms with Gasteiger partial charge in [-0.05, 0) is 18.2 Å². The van der Waals surface area contributed by atoms with Gasteiger partial charge >= 0.3 is 0 Å². The van der Waals surface area contributed by atoms with Crippen LogP contribution in [0.4, 0.5) is 11.4 Å². The maximum absolute atomic E-state index is 12.4. The Morgan fingerprint density at radius 3 is 2.33 bits per heavy atom. The molecule has 0 aliphatic carbocycles.